The maximum Gasteiger partial charge on any atom is 0.120 e. The Kier molecular flexibility index (Phi) is 7.37. The minimum Gasteiger partial charge on any atom is -0.508 e. The summed E-state index contributed by atoms with van der Waals surface area (Å²) in [6, 6.07) is 12.7. The van der Waals surface area contributed by atoms with Crippen molar-refractivity contribution in [1.82, 2.24) is 19.7 Å². The molecule has 0 bridgehead atoms. The summed E-state index contributed by atoms with van der Waals surface area (Å²) >= 11 is 0. The molecule has 2 aliphatic heterocycles. The van der Waals surface area contributed by atoms with Crippen molar-refractivity contribution in [2.24, 2.45) is 5.92 Å². The van der Waals surface area contributed by atoms with Crippen LogP contribution in [0.2, 0.25) is 0 Å². The number of phenols is 1. The third-order valence-electron chi connectivity index (χ3n) is 6.91. The number of benzene rings is 1. The van der Waals surface area contributed by atoms with Gasteiger partial charge < -0.3 is 14.9 Å². The van der Waals surface area contributed by atoms with Crippen molar-refractivity contribution in [2.75, 3.05) is 39.8 Å². The minimum atomic E-state index is 0.398. The number of rotatable bonds is 7. The molecule has 0 amide bonds. The van der Waals surface area contributed by atoms with Crippen LogP contribution < -0.4 is 0 Å². The van der Waals surface area contributed by atoms with Gasteiger partial charge in [0, 0.05) is 43.6 Å². The Hall–Kier alpha value is -1.95. The van der Waals surface area contributed by atoms with Gasteiger partial charge in [0.25, 0.3) is 0 Å². The van der Waals surface area contributed by atoms with Crippen molar-refractivity contribution < 1.29 is 5.11 Å². The Morgan fingerprint density at radius 2 is 1.63 bits per heavy atom. The fraction of sp³-hybridized carbons (Fsp3) is 0.560. The summed E-state index contributed by atoms with van der Waals surface area (Å²) in [5.74, 6) is 1.12. The minimum absolute atomic E-state index is 0.398. The van der Waals surface area contributed by atoms with E-state index < -0.39 is 0 Å². The van der Waals surface area contributed by atoms with Gasteiger partial charge in [0.1, 0.15) is 5.75 Å². The Morgan fingerprint density at radius 3 is 2.33 bits per heavy atom. The van der Waals surface area contributed by atoms with E-state index in [1.807, 2.05) is 30.6 Å². The van der Waals surface area contributed by atoms with Crippen LogP contribution in [0.25, 0.3) is 0 Å². The Balaban J connectivity index is 1.35. The van der Waals surface area contributed by atoms with Crippen LogP contribution >= 0.6 is 0 Å². The smallest absolute Gasteiger partial charge is 0.120 e. The number of aromatic nitrogens is 1. The number of phenolic OH excluding ortho intramolecular Hbond substituents is 1. The number of aromatic hydroxyl groups is 1. The van der Waals surface area contributed by atoms with E-state index in [4.69, 9.17) is 0 Å². The first-order valence-electron chi connectivity index (χ1n) is 11.5. The molecule has 5 heteroatoms. The van der Waals surface area contributed by atoms with Gasteiger partial charge in [-0.05, 0) is 88.6 Å². The van der Waals surface area contributed by atoms with Gasteiger partial charge >= 0.3 is 0 Å². The summed E-state index contributed by atoms with van der Waals surface area (Å²) in [6.45, 7) is 7.71. The number of pyridine rings is 1. The first-order chi connectivity index (χ1) is 14.7. The van der Waals surface area contributed by atoms with Gasteiger partial charge in [0.05, 0.1) is 0 Å². The van der Waals surface area contributed by atoms with Gasteiger partial charge in [-0.25, -0.2) is 0 Å². The van der Waals surface area contributed by atoms with Crippen LogP contribution in [0.5, 0.6) is 5.75 Å². The Morgan fingerprint density at radius 1 is 0.933 bits per heavy atom. The van der Waals surface area contributed by atoms with E-state index in [1.165, 1.54) is 57.4 Å². The molecule has 0 spiro atoms. The predicted molar refractivity (Wildman–Crippen MR) is 121 cm³/mol. The highest BCUT2D eigenvalue weighted by Crippen LogP contribution is 2.26. The monoisotopic (exact) mass is 408 g/mol. The molecular formula is C25H36N4O. The van der Waals surface area contributed by atoms with E-state index >= 15 is 0 Å². The molecule has 5 nitrogen and oxygen atoms in total. The summed E-state index contributed by atoms with van der Waals surface area (Å²) in [6.07, 6.45) is 8.94. The van der Waals surface area contributed by atoms with Gasteiger partial charge in [-0.2, -0.15) is 0 Å². The lowest BCUT2D eigenvalue weighted by atomic mass is 9.92. The summed E-state index contributed by atoms with van der Waals surface area (Å²) in [5.41, 5.74) is 2.29. The van der Waals surface area contributed by atoms with E-state index in [0.717, 1.165) is 37.2 Å². The number of hydrogen-bond donors (Lipinski definition) is 1. The summed E-state index contributed by atoms with van der Waals surface area (Å²) < 4.78 is 0. The molecule has 2 aliphatic rings. The highest BCUT2D eigenvalue weighted by molar-refractivity contribution is 5.31. The standard InChI is InChI=1S/C25H36N4O/c1-27-14-10-24(11-15-27)29-16-8-22(9-17-29)19-28(18-21-6-12-26-13-7-21)20-23-4-2-3-5-25(23)30/h2-7,12-13,22,24,30H,8-11,14-20H2,1H3. The number of piperidine rings is 2. The van der Waals surface area contributed by atoms with Crippen molar-refractivity contribution in [3.05, 3.63) is 59.9 Å². The van der Waals surface area contributed by atoms with Crippen LogP contribution in [0.15, 0.2) is 48.8 Å². The topological polar surface area (TPSA) is 42.8 Å². The lowest BCUT2D eigenvalue weighted by Crippen LogP contribution is -2.47. The zero-order chi connectivity index (χ0) is 20.8. The summed E-state index contributed by atoms with van der Waals surface area (Å²) in [7, 11) is 2.24. The first-order valence-corrected chi connectivity index (χ1v) is 11.5. The van der Waals surface area contributed by atoms with E-state index in [-0.39, 0.29) is 0 Å². The molecule has 3 heterocycles. The molecule has 2 fully saturated rings. The van der Waals surface area contributed by atoms with Crippen molar-refractivity contribution >= 4 is 0 Å². The molecule has 30 heavy (non-hydrogen) atoms. The second-order valence-corrected chi connectivity index (χ2v) is 9.17. The van der Waals surface area contributed by atoms with E-state index in [0.29, 0.717) is 5.75 Å². The zero-order valence-electron chi connectivity index (χ0n) is 18.3. The van der Waals surface area contributed by atoms with Crippen molar-refractivity contribution in [3.8, 4) is 5.75 Å². The van der Waals surface area contributed by atoms with Gasteiger partial charge in [-0.3, -0.25) is 9.88 Å². The third kappa shape index (κ3) is 5.81. The molecule has 1 aromatic heterocycles. The van der Waals surface area contributed by atoms with Crippen molar-refractivity contribution in [1.29, 1.82) is 0 Å². The van der Waals surface area contributed by atoms with Crippen LogP contribution in [0.4, 0.5) is 0 Å². The maximum absolute atomic E-state index is 10.3. The summed E-state index contributed by atoms with van der Waals surface area (Å²) in [5, 5.41) is 10.3. The first kappa shape index (κ1) is 21.3. The fourth-order valence-electron chi connectivity index (χ4n) is 5.04. The lowest BCUT2D eigenvalue weighted by molar-refractivity contribution is 0.0727. The molecule has 1 aromatic carbocycles. The number of hydrogen-bond acceptors (Lipinski definition) is 5. The quantitative estimate of drug-likeness (QED) is 0.758. The van der Waals surface area contributed by atoms with Crippen molar-refractivity contribution in [2.45, 2.75) is 44.8 Å². The second kappa shape index (κ2) is 10.4. The molecule has 162 valence electrons. The average Bonchev–Trinajstić information content (AvgIpc) is 2.77. The highest BCUT2D eigenvalue weighted by Gasteiger charge is 2.28. The largest absolute Gasteiger partial charge is 0.508 e. The van der Waals surface area contributed by atoms with Crippen LogP contribution in [-0.2, 0) is 13.1 Å². The van der Waals surface area contributed by atoms with E-state index in [2.05, 4.69) is 38.9 Å². The fourth-order valence-corrected chi connectivity index (χ4v) is 5.04. The Labute approximate surface area is 181 Å². The molecule has 4 rings (SSSR count). The SMILES string of the molecule is CN1CCC(N2CCC(CN(Cc3ccncc3)Cc3ccccc3O)CC2)CC1. The van der Waals surface area contributed by atoms with E-state index in [9.17, 15) is 5.11 Å². The number of nitrogens with zero attached hydrogens (tertiary/aromatic N) is 4. The highest BCUT2D eigenvalue weighted by atomic mass is 16.3. The predicted octanol–water partition coefficient (Wildman–Crippen LogP) is 3.60. The molecule has 0 atom stereocenters. The van der Waals surface area contributed by atoms with Crippen LogP contribution in [0.3, 0.4) is 0 Å². The van der Waals surface area contributed by atoms with Gasteiger partial charge in [-0.1, -0.05) is 18.2 Å². The lowest BCUT2D eigenvalue weighted by Gasteiger charge is -2.42. The van der Waals surface area contributed by atoms with E-state index in [1.54, 1.807) is 6.07 Å². The average molecular weight is 409 g/mol. The van der Waals surface area contributed by atoms with Gasteiger partial charge in [0.15, 0.2) is 0 Å². The molecule has 0 radical (unpaired) electrons. The molecule has 2 aromatic rings. The molecule has 2 saturated heterocycles. The van der Waals surface area contributed by atoms with Gasteiger partial charge in [0.2, 0.25) is 0 Å². The zero-order valence-corrected chi connectivity index (χ0v) is 18.3. The number of likely N-dealkylation sites (tertiary alicyclic amines) is 2. The molecule has 0 unspecified atom stereocenters. The molecule has 1 N–H and O–H groups in total. The molecule has 0 aliphatic carbocycles. The molecular weight excluding hydrogens is 372 g/mol. The Bertz CT molecular complexity index is 768. The second-order valence-electron chi connectivity index (χ2n) is 9.17. The van der Waals surface area contributed by atoms with Crippen molar-refractivity contribution in [3.63, 3.8) is 0 Å². The van der Waals surface area contributed by atoms with Crippen LogP contribution in [0, 0.1) is 5.92 Å². The third-order valence-corrected chi connectivity index (χ3v) is 6.91. The molecule has 0 saturated carbocycles. The maximum atomic E-state index is 10.3. The normalized spacial score (nSPS) is 20.1. The van der Waals surface area contributed by atoms with Crippen LogP contribution in [-0.4, -0.2) is 70.6 Å². The van der Waals surface area contributed by atoms with Gasteiger partial charge in [-0.15, -0.1) is 0 Å². The van der Waals surface area contributed by atoms with Crippen LogP contribution in [0.1, 0.15) is 36.8 Å². The summed E-state index contributed by atoms with van der Waals surface area (Å²) in [4.78, 5) is 11.9. The number of para-hydroxylation sites is 1.